The number of carbonyl (C=O) groups excluding carboxylic acids is 2. The zero-order chi connectivity index (χ0) is 13.9. The molecule has 1 N–H and O–H groups in total. The summed E-state index contributed by atoms with van der Waals surface area (Å²) in [5.41, 5.74) is 0. The summed E-state index contributed by atoms with van der Waals surface area (Å²) in [5, 5.41) is 3.57. The number of amides is 2. The maximum Gasteiger partial charge on any atom is 0.416 e. The van der Waals surface area contributed by atoms with Gasteiger partial charge >= 0.3 is 6.09 Å². The van der Waals surface area contributed by atoms with Crippen LogP contribution in [0.3, 0.4) is 0 Å². The Kier molecular flexibility index (Phi) is 4.21. The van der Waals surface area contributed by atoms with Crippen LogP contribution in [0, 0.1) is 5.92 Å². The predicted molar refractivity (Wildman–Crippen MR) is 73.2 cm³/mol. The largest absolute Gasteiger partial charge is 0.447 e. The molecule has 0 aliphatic carbocycles. The Labute approximate surface area is 119 Å². The standard InChI is InChI=1S/C14H23N3O3/c18-13(17-7-8-20-14(17)19)10-16-6-2-3-11(9-16)12-4-1-5-15-12/h11-12,15H,1-10H2. The molecule has 6 nitrogen and oxygen atoms in total. The molecule has 6 heteroatoms. The van der Waals surface area contributed by atoms with E-state index in [-0.39, 0.29) is 5.91 Å². The fourth-order valence-corrected chi connectivity index (χ4v) is 3.57. The van der Waals surface area contributed by atoms with Gasteiger partial charge in [0.25, 0.3) is 0 Å². The van der Waals surface area contributed by atoms with Gasteiger partial charge in [-0.25, -0.2) is 9.69 Å². The van der Waals surface area contributed by atoms with Crippen molar-refractivity contribution in [3.8, 4) is 0 Å². The average Bonchev–Trinajstić information content (AvgIpc) is 3.09. The van der Waals surface area contributed by atoms with Gasteiger partial charge in [0, 0.05) is 12.6 Å². The molecule has 20 heavy (non-hydrogen) atoms. The molecule has 3 saturated heterocycles. The monoisotopic (exact) mass is 281 g/mol. The van der Waals surface area contributed by atoms with Crippen LogP contribution in [0.5, 0.6) is 0 Å². The van der Waals surface area contributed by atoms with E-state index in [1.54, 1.807) is 0 Å². The first-order valence-corrected chi connectivity index (χ1v) is 7.67. The Morgan fingerprint density at radius 3 is 2.90 bits per heavy atom. The smallest absolute Gasteiger partial charge is 0.416 e. The molecule has 0 aromatic carbocycles. The highest BCUT2D eigenvalue weighted by Crippen LogP contribution is 2.24. The van der Waals surface area contributed by atoms with Gasteiger partial charge in [-0.2, -0.15) is 0 Å². The van der Waals surface area contributed by atoms with Crippen molar-refractivity contribution in [1.29, 1.82) is 0 Å². The minimum absolute atomic E-state index is 0.118. The first-order chi connectivity index (χ1) is 9.74. The number of cyclic esters (lactones) is 1. The fourth-order valence-electron chi connectivity index (χ4n) is 3.57. The number of hydrogen-bond acceptors (Lipinski definition) is 5. The van der Waals surface area contributed by atoms with Crippen molar-refractivity contribution in [2.24, 2.45) is 5.92 Å². The van der Waals surface area contributed by atoms with Crippen molar-refractivity contribution in [2.75, 3.05) is 39.3 Å². The summed E-state index contributed by atoms with van der Waals surface area (Å²) in [5.74, 6) is 0.525. The maximum atomic E-state index is 12.1. The lowest BCUT2D eigenvalue weighted by Crippen LogP contribution is -2.47. The van der Waals surface area contributed by atoms with E-state index in [0.717, 1.165) is 26.1 Å². The summed E-state index contributed by atoms with van der Waals surface area (Å²) >= 11 is 0. The van der Waals surface area contributed by atoms with Crippen LogP contribution in [0.4, 0.5) is 4.79 Å². The Hall–Kier alpha value is -1.14. The van der Waals surface area contributed by atoms with Crippen molar-refractivity contribution in [2.45, 2.75) is 31.7 Å². The zero-order valence-electron chi connectivity index (χ0n) is 11.8. The summed E-state index contributed by atoms with van der Waals surface area (Å²) in [7, 11) is 0. The highest BCUT2D eigenvalue weighted by Gasteiger charge is 2.33. The highest BCUT2D eigenvalue weighted by molar-refractivity contribution is 5.94. The van der Waals surface area contributed by atoms with Crippen LogP contribution in [0.15, 0.2) is 0 Å². The Morgan fingerprint density at radius 2 is 2.20 bits per heavy atom. The molecule has 3 rings (SSSR count). The molecule has 0 radical (unpaired) electrons. The third-order valence-electron chi connectivity index (χ3n) is 4.63. The van der Waals surface area contributed by atoms with Gasteiger partial charge in [-0.3, -0.25) is 9.69 Å². The van der Waals surface area contributed by atoms with Gasteiger partial charge in [0.05, 0.1) is 13.1 Å². The molecular formula is C14H23N3O3. The van der Waals surface area contributed by atoms with Gasteiger partial charge in [0.15, 0.2) is 0 Å². The molecule has 3 aliphatic rings. The molecule has 0 aromatic rings. The van der Waals surface area contributed by atoms with Gasteiger partial charge in [0.1, 0.15) is 6.61 Å². The number of carbonyl (C=O) groups is 2. The van der Waals surface area contributed by atoms with E-state index in [0.29, 0.717) is 31.7 Å². The molecule has 0 spiro atoms. The lowest BCUT2D eigenvalue weighted by atomic mass is 9.90. The second-order valence-corrected chi connectivity index (χ2v) is 6.00. The lowest BCUT2D eigenvalue weighted by molar-refractivity contribution is -0.129. The third-order valence-corrected chi connectivity index (χ3v) is 4.63. The first kappa shape index (κ1) is 13.8. The molecule has 0 bridgehead atoms. The molecule has 0 saturated carbocycles. The van der Waals surface area contributed by atoms with Gasteiger partial charge in [-0.1, -0.05) is 0 Å². The normalized spacial score (nSPS) is 31.6. The van der Waals surface area contributed by atoms with Gasteiger partial charge < -0.3 is 10.1 Å². The van der Waals surface area contributed by atoms with E-state index in [2.05, 4.69) is 10.2 Å². The highest BCUT2D eigenvalue weighted by atomic mass is 16.6. The number of piperidine rings is 1. The molecule has 3 heterocycles. The summed E-state index contributed by atoms with van der Waals surface area (Å²) in [4.78, 5) is 26.9. The molecule has 0 aromatic heterocycles. The summed E-state index contributed by atoms with van der Waals surface area (Å²) < 4.78 is 4.82. The zero-order valence-corrected chi connectivity index (χ0v) is 11.8. The topological polar surface area (TPSA) is 61.9 Å². The predicted octanol–water partition coefficient (Wildman–Crippen LogP) is 0.429. The van der Waals surface area contributed by atoms with Crippen LogP contribution in [0.25, 0.3) is 0 Å². The van der Waals surface area contributed by atoms with E-state index in [1.807, 2.05) is 0 Å². The summed E-state index contributed by atoms with van der Waals surface area (Å²) in [6.07, 6.45) is 4.42. The second-order valence-electron chi connectivity index (χ2n) is 6.00. The SMILES string of the molecule is O=C(CN1CCCC(C2CCCN2)C1)N1CCOC1=O. The van der Waals surface area contributed by atoms with Crippen LogP contribution in [-0.2, 0) is 9.53 Å². The first-order valence-electron chi connectivity index (χ1n) is 7.67. The van der Waals surface area contributed by atoms with Crippen LogP contribution >= 0.6 is 0 Å². The van der Waals surface area contributed by atoms with Crippen molar-refractivity contribution in [3.63, 3.8) is 0 Å². The Morgan fingerprint density at radius 1 is 1.30 bits per heavy atom. The van der Waals surface area contributed by atoms with Crippen LogP contribution in [0.1, 0.15) is 25.7 Å². The van der Waals surface area contributed by atoms with Crippen molar-refractivity contribution in [3.05, 3.63) is 0 Å². The number of likely N-dealkylation sites (tertiary alicyclic amines) is 1. The summed E-state index contributed by atoms with van der Waals surface area (Å²) in [6.45, 7) is 4.13. The van der Waals surface area contributed by atoms with Crippen molar-refractivity contribution in [1.82, 2.24) is 15.1 Å². The molecule has 2 amide bonds. The minimum atomic E-state index is -0.485. The minimum Gasteiger partial charge on any atom is -0.447 e. The molecule has 3 aliphatic heterocycles. The van der Waals surface area contributed by atoms with E-state index >= 15 is 0 Å². The molecule has 2 atom stereocenters. The van der Waals surface area contributed by atoms with E-state index in [4.69, 9.17) is 4.74 Å². The van der Waals surface area contributed by atoms with Gasteiger partial charge in [-0.15, -0.1) is 0 Å². The number of nitrogens with one attached hydrogen (secondary N) is 1. The van der Waals surface area contributed by atoms with E-state index in [1.165, 1.54) is 24.2 Å². The maximum absolute atomic E-state index is 12.1. The van der Waals surface area contributed by atoms with Gasteiger partial charge in [-0.05, 0) is 44.7 Å². The summed E-state index contributed by atoms with van der Waals surface area (Å²) in [6, 6.07) is 0.615. The Bertz CT molecular complexity index is 382. The average molecular weight is 281 g/mol. The van der Waals surface area contributed by atoms with E-state index < -0.39 is 6.09 Å². The Balaban J connectivity index is 1.51. The molecule has 3 fully saturated rings. The molecule has 112 valence electrons. The van der Waals surface area contributed by atoms with Crippen LogP contribution in [-0.4, -0.2) is 67.2 Å². The van der Waals surface area contributed by atoms with Gasteiger partial charge in [0.2, 0.25) is 5.91 Å². The van der Waals surface area contributed by atoms with E-state index in [9.17, 15) is 9.59 Å². The number of imide groups is 1. The fraction of sp³-hybridized carbons (Fsp3) is 0.857. The second kappa shape index (κ2) is 6.10. The molecule has 2 unspecified atom stereocenters. The molecular weight excluding hydrogens is 258 g/mol. The van der Waals surface area contributed by atoms with Crippen LogP contribution in [0.2, 0.25) is 0 Å². The lowest BCUT2D eigenvalue weighted by Gasteiger charge is -2.35. The quantitative estimate of drug-likeness (QED) is 0.813. The number of rotatable bonds is 3. The number of hydrogen-bond donors (Lipinski definition) is 1. The van der Waals surface area contributed by atoms with Crippen molar-refractivity contribution >= 4 is 12.0 Å². The van der Waals surface area contributed by atoms with Crippen molar-refractivity contribution < 1.29 is 14.3 Å². The van der Waals surface area contributed by atoms with Crippen LogP contribution < -0.4 is 5.32 Å². The number of ether oxygens (including phenoxy) is 1. The number of nitrogens with zero attached hydrogens (tertiary/aromatic N) is 2. The third kappa shape index (κ3) is 2.96.